The number of benzene rings is 3. The summed E-state index contributed by atoms with van der Waals surface area (Å²) in [5, 5.41) is 2.68. The van der Waals surface area contributed by atoms with Gasteiger partial charge in [-0.05, 0) is 48.4 Å². The van der Waals surface area contributed by atoms with Crippen molar-refractivity contribution in [1.82, 2.24) is 15.0 Å². The van der Waals surface area contributed by atoms with Crippen molar-refractivity contribution in [1.29, 1.82) is 0 Å². The van der Waals surface area contributed by atoms with E-state index in [-0.39, 0.29) is 36.8 Å². The first-order chi connectivity index (χ1) is 23.4. The van der Waals surface area contributed by atoms with E-state index in [4.69, 9.17) is 19.5 Å². The summed E-state index contributed by atoms with van der Waals surface area (Å²) in [6, 6.07) is 29.8. The van der Waals surface area contributed by atoms with Crippen LogP contribution < -0.4 is 0 Å². The van der Waals surface area contributed by atoms with Crippen LogP contribution >= 0.6 is 0 Å². The molecule has 0 saturated heterocycles. The number of rotatable bonds is 3. The van der Waals surface area contributed by atoms with Crippen LogP contribution in [0.5, 0.6) is 0 Å². The molecule has 0 aliphatic heterocycles. The molecule has 199 valence electrons. The first kappa shape index (κ1) is 16.8. The Bertz CT molecular complexity index is 2260. The predicted molar refractivity (Wildman–Crippen MR) is 158 cm³/mol. The minimum atomic E-state index is -2.80. The molecule has 0 amide bonds. The van der Waals surface area contributed by atoms with Gasteiger partial charge in [0, 0.05) is 58.3 Å². The Morgan fingerprint density at radius 3 is 2.58 bits per heavy atom. The molecule has 0 unspecified atom stereocenters. The first-order valence-corrected chi connectivity index (χ1v) is 12.0. The minimum absolute atomic E-state index is 0. The summed E-state index contributed by atoms with van der Waals surface area (Å²) in [5.74, 6) is 0. The van der Waals surface area contributed by atoms with Gasteiger partial charge in [-0.1, -0.05) is 66.6 Å². The molecule has 3 aromatic carbocycles. The van der Waals surface area contributed by atoms with Gasteiger partial charge in [0.25, 0.3) is 0 Å². The van der Waals surface area contributed by atoms with Crippen LogP contribution in [0.15, 0.2) is 102 Å². The zero-order chi connectivity index (χ0) is 36.1. The van der Waals surface area contributed by atoms with E-state index in [0.717, 1.165) is 21.7 Å². The third-order valence-electron chi connectivity index (χ3n) is 6.14. The molecule has 1 radical (unpaired) electrons. The molecule has 7 rings (SSSR count). The van der Waals surface area contributed by atoms with Gasteiger partial charge in [0.05, 0.1) is 11.1 Å². The van der Waals surface area contributed by atoms with Crippen molar-refractivity contribution in [2.45, 2.75) is 26.9 Å². The number of aromatic nitrogens is 3. The Morgan fingerprint density at radius 1 is 0.875 bits per heavy atom. The van der Waals surface area contributed by atoms with Gasteiger partial charge in [-0.3, -0.25) is 0 Å². The fourth-order valence-corrected chi connectivity index (χ4v) is 4.24. The molecule has 0 aliphatic carbocycles. The van der Waals surface area contributed by atoms with Crippen molar-refractivity contribution >= 4 is 33.0 Å². The fourth-order valence-electron chi connectivity index (χ4n) is 4.24. The topological polar surface area (TPSA) is 51.8 Å². The number of hydrogen-bond acceptors (Lipinski definition) is 4. The Labute approximate surface area is 262 Å². The number of nitrogens with zero attached hydrogens (tertiary/aromatic N) is 3. The van der Waals surface area contributed by atoms with E-state index in [9.17, 15) is 0 Å². The van der Waals surface area contributed by atoms with Crippen LogP contribution in [-0.4, -0.2) is 15.0 Å². The van der Waals surface area contributed by atoms with E-state index < -0.39 is 26.9 Å². The molecule has 0 atom stereocenters. The van der Waals surface area contributed by atoms with Crippen molar-refractivity contribution in [2.24, 2.45) is 0 Å². The molecular weight excluding hydrogens is 671 g/mol. The molecule has 0 saturated carbocycles. The summed E-state index contributed by atoms with van der Waals surface area (Å²) >= 11 is 0. The van der Waals surface area contributed by atoms with Gasteiger partial charge in [-0.2, -0.15) is 0 Å². The largest absolute Gasteiger partial charge is 0.486 e. The molecule has 4 heterocycles. The first-order valence-electron chi connectivity index (χ1n) is 17.5. The second-order valence-corrected chi connectivity index (χ2v) is 8.71. The quantitative estimate of drug-likeness (QED) is 0.172. The normalized spacial score (nSPS) is 16.1. The third-order valence-corrected chi connectivity index (χ3v) is 6.14. The molecule has 0 bridgehead atoms. The monoisotopic (exact) mass is 709 g/mol. The van der Waals surface area contributed by atoms with Crippen molar-refractivity contribution in [3.8, 4) is 22.5 Å². The Hall–Kier alpha value is -4.18. The molecule has 0 fully saturated rings. The van der Waals surface area contributed by atoms with Gasteiger partial charge in [0.1, 0.15) is 0 Å². The maximum Gasteiger partial charge on any atom is 0.216 e. The summed E-state index contributed by atoms with van der Waals surface area (Å²) in [6.07, 6.45) is 0.190. The standard InChI is InChI=1S/C22H15N2O.C13H12N.Ir/c1-2-14-10-11-23-20(12-14)17-8-5-7-16-18-13-15-6-3-4-9-19(15)24-22(18)25-21(16)17;1-10-3-6-12(7-4-10)13-8-5-11(2)9-14-13;/h3-7,9-13H,2H2,1H3;3-6,8-9H,1-2H3;/q2*-1;/i1D3,2D2;1D3,2D3;. The van der Waals surface area contributed by atoms with E-state index >= 15 is 0 Å². The van der Waals surface area contributed by atoms with Crippen LogP contribution in [0.1, 0.15) is 38.6 Å². The molecular formula is C35H27IrN3O-2. The Kier molecular flexibility index (Phi) is 5.01. The van der Waals surface area contributed by atoms with E-state index in [1.165, 1.54) is 42.7 Å². The summed E-state index contributed by atoms with van der Waals surface area (Å²) in [7, 11) is 0. The van der Waals surface area contributed by atoms with E-state index in [1.807, 2.05) is 36.4 Å². The van der Waals surface area contributed by atoms with Crippen molar-refractivity contribution < 1.29 is 39.6 Å². The number of hydrogen-bond donors (Lipinski definition) is 0. The van der Waals surface area contributed by atoms with Crippen LogP contribution in [0.2, 0.25) is 0 Å². The van der Waals surface area contributed by atoms with Crippen LogP contribution in [0.4, 0.5) is 0 Å². The van der Waals surface area contributed by atoms with E-state index in [0.29, 0.717) is 33.8 Å². The van der Waals surface area contributed by atoms with Crippen LogP contribution in [0.25, 0.3) is 55.5 Å². The van der Waals surface area contributed by atoms with Gasteiger partial charge in [-0.15, -0.1) is 53.6 Å². The molecule has 40 heavy (non-hydrogen) atoms. The Morgan fingerprint density at radius 2 is 1.77 bits per heavy atom. The van der Waals surface area contributed by atoms with Crippen LogP contribution in [0.3, 0.4) is 0 Å². The number of furan rings is 1. The van der Waals surface area contributed by atoms with Gasteiger partial charge in [-0.25, -0.2) is 4.98 Å². The molecule has 4 aromatic heterocycles. The molecule has 4 nitrogen and oxygen atoms in total. The van der Waals surface area contributed by atoms with Crippen molar-refractivity contribution in [2.75, 3.05) is 0 Å². The van der Waals surface area contributed by atoms with Crippen LogP contribution in [-0.2, 0) is 26.5 Å². The minimum Gasteiger partial charge on any atom is -0.486 e. The number of pyridine rings is 3. The molecule has 5 heteroatoms. The van der Waals surface area contributed by atoms with Crippen molar-refractivity contribution in [3.63, 3.8) is 0 Å². The summed E-state index contributed by atoms with van der Waals surface area (Å²) < 4.78 is 88.4. The average Bonchev–Trinajstić information content (AvgIpc) is 3.44. The number of fused-ring (bicyclic) bond motifs is 4. The van der Waals surface area contributed by atoms with Crippen molar-refractivity contribution in [3.05, 3.63) is 126 Å². The van der Waals surface area contributed by atoms with Gasteiger partial charge >= 0.3 is 0 Å². The molecule has 7 aromatic rings. The average molecular weight is 709 g/mol. The van der Waals surface area contributed by atoms with Gasteiger partial charge in [0.2, 0.25) is 5.71 Å². The van der Waals surface area contributed by atoms with Gasteiger partial charge < -0.3 is 14.4 Å². The molecule has 0 spiro atoms. The van der Waals surface area contributed by atoms with E-state index in [2.05, 4.69) is 27.1 Å². The van der Waals surface area contributed by atoms with Gasteiger partial charge in [0.15, 0.2) is 0 Å². The maximum absolute atomic E-state index is 8.04. The smallest absolute Gasteiger partial charge is 0.216 e. The zero-order valence-corrected chi connectivity index (χ0v) is 23.2. The SMILES string of the molecule is [2H]C([2H])([2H])C([2H])([2H])c1ccnc(-c2[c-]ccc3c2oc2nc4ccccc4cc23)c1.[2H]C([2H])([2H])c1c[c-]c(-c2ccc(C([2H])([2H])[2H])cn2)cc1.[Ir]. The Balaban J connectivity index is 0.000000211. The third kappa shape index (κ3) is 5.58. The zero-order valence-electron chi connectivity index (χ0n) is 31.8. The number of para-hydroxylation sites is 1. The number of aryl methyl sites for hydroxylation is 3. The second-order valence-electron chi connectivity index (χ2n) is 8.71. The second kappa shape index (κ2) is 11.9. The van der Waals surface area contributed by atoms with Crippen LogP contribution in [0, 0.1) is 25.8 Å². The van der Waals surface area contributed by atoms with E-state index in [1.54, 1.807) is 18.2 Å². The predicted octanol–water partition coefficient (Wildman–Crippen LogP) is 8.72. The summed E-state index contributed by atoms with van der Waals surface area (Å²) in [6.45, 7) is -7.14. The summed E-state index contributed by atoms with van der Waals surface area (Å²) in [4.78, 5) is 13.0. The molecule has 0 N–H and O–H groups in total. The summed E-state index contributed by atoms with van der Waals surface area (Å²) in [5.41, 5.74) is 4.31. The molecule has 0 aliphatic rings. The fraction of sp³-hybridized carbons (Fsp3) is 0.114. The maximum atomic E-state index is 8.04.